The molecule has 0 bridgehead atoms. The molecule has 0 saturated carbocycles. The van der Waals surface area contributed by atoms with Crippen molar-refractivity contribution in [1.29, 1.82) is 0 Å². The van der Waals surface area contributed by atoms with Crippen LogP contribution in [0.5, 0.6) is 5.75 Å². The van der Waals surface area contributed by atoms with E-state index in [0.717, 1.165) is 36.8 Å². The number of hydrogen-bond acceptors (Lipinski definition) is 4. The number of aliphatic hydroxyl groups is 1. The molecule has 5 heteroatoms. The Balaban J connectivity index is 1.70. The third-order valence-electron chi connectivity index (χ3n) is 3.61. The van der Waals surface area contributed by atoms with Crippen LogP contribution in [0.4, 0.5) is 0 Å². The van der Waals surface area contributed by atoms with Gasteiger partial charge >= 0.3 is 0 Å². The van der Waals surface area contributed by atoms with Crippen molar-refractivity contribution < 1.29 is 9.84 Å². The van der Waals surface area contributed by atoms with Gasteiger partial charge in [-0.25, -0.2) is 0 Å². The lowest BCUT2D eigenvalue weighted by molar-refractivity contribution is 0.0793. The van der Waals surface area contributed by atoms with Crippen LogP contribution in [0.15, 0.2) is 24.3 Å². The lowest BCUT2D eigenvalue weighted by atomic mass is 10.1. The van der Waals surface area contributed by atoms with Crippen LogP contribution < -0.4 is 10.1 Å². The molecule has 1 saturated heterocycles. The molecule has 0 aromatic heterocycles. The Bertz CT molecular complexity index is 399. The Morgan fingerprint density at radius 2 is 2.15 bits per heavy atom. The minimum atomic E-state index is 0.206. The van der Waals surface area contributed by atoms with Gasteiger partial charge in [0.2, 0.25) is 0 Å². The van der Waals surface area contributed by atoms with Gasteiger partial charge in [0.25, 0.3) is 0 Å². The van der Waals surface area contributed by atoms with Gasteiger partial charge in [-0.3, -0.25) is 4.90 Å². The van der Waals surface area contributed by atoms with E-state index in [2.05, 4.69) is 17.1 Å². The summed E-state index contributed by atoms with van der Waals surface area (Å²) in [6.45, 7) is 5.84. The third kappa shape index (κ3) is 4.63. The molecular formula is C15H23ClN2O2. The summed E-state index contributed by atoms with van der Waals surface area (Å²) < 4.78 is 5.68. The molecule has 1 heterocycles. The van der Waals surface area contributed by atoms with E-state index in [1.54, 1.807) is 0 Å². The van der Waals surface area contributed by atoms with Crippen LogP contribution in [-0.4, -0.2) is 54.9 Å². The van der Waals surface area contributed by atoms with Gasteiger partial charge < -0.3 is 15.2 Å². The summed E-state index contributed by atoms with van der Waals surface area (Å²) in [5.74, 6) is 0.849. The number of hydrogen-bond donors (Lipinski definition) is 2. The van der Waals surface area contributed by atoms with E-state index < -0.39 is 0 Å². The number of rotatable bonds is 6. The number of aliphatic hydroxyl groups excluding tert-OH is 1. The first-order valence-corrected chi connectivity index (χ1v) is 7.53. The molecule has 1 aliphatic heterocycles. The van der Waals surface area contributed by atoms with Gasteiger partial charge in [0.15, 0.2) is 0 Å². The normalized spacial score (nSPS) is 23.8. The largest absolute Gasteiger partial charge is 0.494 e. The molecule has 2 N–H and O–H groups in total. The third-order valence-corrected chi connectivity index (χ3v) is 3.86. The van der Waals surface area contributed by atoms with Crippen LogP contribution in [0.1, 0.15) is 13.3 Å². The number of ether oxygens (including phenoxy) is 1. The van der Waals surface area contributed by atoms with Gasteiger partial charge in [-0.15, -0.1) is 0 Å². The molecule has 1 fully saturated rings. The number of nitrogens with one attached hydrogen (secondary N) is 1. The molecule has 0 amide bonds. The maximum absolute atomic E-state index is 9.38. The van der Waals surface area contributed by atoms with Crippen LogP contribution in [0.25, 0.3) is 0 Å². The molecule has 1 aromatic carbocycles. The Hall–Kier alpha value is -0.810. The predicted molar refractivity (Wildman–Crippen MR) is 81.5 cm³/mol. The first-order valence-electron chi connectivity index (χ1n) is 7.15. The molecule has 0 radical (unpaired) electrons. The van der Waals surface area contributed by atoms with Gasteiger partial charge in [-0.1, -0.05) is 11.6 Å². The number of benzene rings is 1. The van der Waals surface area contributed by atoms with Gasteiger partial charge in [0.1, 0.15) is 5.75 Å². The Labute approximate surface area is 125 Å². The van der Waals surface area contributed by atoms with Crippen LogP contribution in [0.3, 0.4) is 0 Å². The van der Waals surface area contributed by atoms with Crippen LogP contribution in [0.2, 0.25) is 5.02 Å². The van der Waals surface area contributed by atoms with E-state index in [4.69, 9.17) is 16.3 Å². The van der Waals surface area contributed by atoms with Crippen molar-refractivity contribution in [3.63, 3.8) is 0 Å². The Kier molecular flexibility index (Phi) is 6.10. The zero-order valence-electron chi connectivity index (χ0n) is 11.9. The zero-order chi connectivity index (χ0) is 14.4. The van der Waals surface area contributed by atoms with E-state index in [1.807, 2.05) is 24.3 Å². The van der Waals surface area contributed by atoms with Gasteiger partial charge in [0.05, 0.1) is 13.2 Å². The van der Waals surface area contributed by atoms with Crippen molar-refractivity contribution in [2.75, 3.05) is 32.8 Å². The van der Waals surface area contributed by atoms with E-state index in [-0.39, 0.29) is 12.6 Å². The van der Waals surface area contributed by atoms with Gasteiger partial charge in [-0.2, -0.15) is 0 Å². The quantitative estimate of drug-likeness (QED) is 0.786. The molecule has 20 heavy (non-hydrogen) atoms. The fourth-order valence-electron chi connectivity index (χ4n) is 2.47. The second-order valence-corrected chi connectivity index (χ2v) is 5.73. The van der Waals surface area contributed by atoms with E-state index in [0.29, 0.717) is 12.6 Å². The first kappa shape index (κ1) is 15.6. The standard InChI is InChI=1S/C15H23ClN2O2/c1-12-10-18(14(11-19)9-17-12)7-2-8-20-15-5-3-13(16)4-6-15/h3-6,12,14,17,19H,2,7-11H2,1H3. The summed E-state index contributed by atoms with van der Waals surface area (Å²) in [5.41, 5.74) is 0. The molecular weight excluding hydrogens is 276 g/mol. The predicted octanol–water partition coefficient (Wildman–Crippen LogP) is 1.76. The molecule has 2 unspecified atom stereocenters. The second kappa shape index (κ2) is 7.84. The minimum absolute atomic E-state index is 0.206. The smallest absolute Gasteiger partial charge is 0.119 e. The summed E-state index contributed by atoms with van der Waals surface area (Å²) >= 11 is 5.83. The van der Waals surface area contributed by atoms with Crippen LogP contribution in [-0.2, 0) is 0 Å². The number of piperazine rings is 1. The summed E-state index contributed by atoms with van der Waals surface area (Å²) in [7, 11) is 0. The summed E-state index contributed by atoms with van der Waals surface area (Å²) in [4.78, 5) is 2.34. The Morgan fingerprint density at radius 3 is 2.85 bits per heavy atom. The Morgan fingerprint density at radius 1 is 1.40 bits per heavy atom. The fraction of sp³-hybridized carbons (Fsp3) is 0.600. The van der Waals surface area contributed by atoms with E-state index in [1.165, 1.54) is 0 Å². The van der Waals surface area contributed by atoms with Crippen LogP contribution >= 0.6 is 11.6 Å². The molecule has 4 nitrogen and oxygen atoms in total. The highest BCUT2D eigenvalue weighted by Crippen LogP contribution is 2.15. The van der Waals surface area contributed by atoms with Gasteiger partial charge in [-0.05, 0) is 37.6 Å². The minimum Gasteiger partial charge on any atom is -0.494 e. The lowest BCUT2D eigenvalue weighted by Crippen LogP contribution is -2.57. The topological polar surface area (TPSA) is 44.7 Å². The van der Waals surface area contributed by atoms with Crippen molar-refractivity contribution in [3.05, 3.63) is 29.3 Å². The number of halogens is 1. The molecule has 0 spiro atoms. The monoisotopic (exact) mass is 298 g/mol. The van der Waals surface area contributed by atoms with Crippen molar-refractivity contribution in [2.24, 2.45) is 0 Å². The molecule has 0 aliphatic carbocycles. The first-order chi connectivity index (χ1) is 9.69. The van der Waals surface area contributed by atoms with Crippen molar-refractivity contribution >= 4 is 11.6 Å². The average molecular weight is 299 g/mol. The second-order valence-electron chi connectivity index (χ2n) is 5.30. The molecule has 1 aliphatic rings. The molecule has 112 valence electrons. The summed E-state index contributed by atoms with van der Waals surface area (Å²) in [5, 5.41) is 13.5. The zero-order valence-corrected chi connectivity index (χ0v) is 12.6. The van der Waals surface area contributed by atoms with Crippen LogP contribution in [0, 0.1) is 0 Å². The maximum atomic E-state index is 9.38. The average Bonchev–Trinajstić information content (AvgIpc) is 2.46. The molecule has 2 atom stereocenters. The molecule has 2 rings (SSSR count). The number of nitrogens with zero attached hydrogens (tertiary/aromatic N) is 1. The maximum Gasteiger partial charge on any atom is 0.119 e. The fourth-order valence-corrected chi connectivity index (χ4v) is 2.60. The molecule has 1 aromatic rings. The van der Waals surface area contributed by atoms with Crippen molar-refractivity contribution in [1.82, 2.24) is 10.2 Å². The van der Waals surface area contributed by atoms with Crippen molar-refractivity contribution in [3.8, 4) is 5.75 Å². The summed E-state index contributed by atoms with van der Waals surface area (Å²) in [6.07, 6.45) is 0.950. The van der Waals surface area contributed by atoms with Crippen molar-refractivity contribution in [2.45, 2.75) is 25.4 Å². The van der Waals surface area contributed by atoms with E-state index in [9.17, 15) is 5.11 Å². The highest BCUT2D eigenvalue weighted by atomic mass is 35.5. The summed E-state index contributed by atoms with van der Waals surface area (Å²) in [6, 6.07) is 8.13. The van der Waals surface area contributed by atoms with E-state index >= 15 is 0 Å². The highest BCUT2D eigenvalue weighted by molar-refractivity contribution is 6.30. The lowest BCUT2D eigenvalue weighted by Gasteiger charge is -2.38. The highest BCUT2D eigenvalue weighted by Gasteiger charge is 2.24. The van der Waals surface area contributed by atoms with Gasteiger partial charge in [0, 0.05) is 36.7 Å². The SMILES string of the molecule is CC1CN(CCCOc2ccc(Cl)cc2)C(CO)CN1.